The molecule has 3 rings (SSSR count). The normalized spacial score (nSPS) is 15.2. The highest BCUT2D eigenvalue weighted by Gasteiger charge is 2.30. The number of esters is 1. The first-order valence-electron chi connectivity index (χ1n) is 12.2. The number of hydrogen-bond donors (Lipinski definition) is 2. The Balaban J connectivity index is 1.50. The molecule has 2 N–H and O–H groups in total. The largest absolute Gasteiger partial charge is 0.468 e. The summed E-state index contributed by atoms with van der Waals surface area (Å²) in [6.45, 7) is 6.41. The van der Waals surface area contributed by atoms with Crippen molar-refractivity contribution in [3.63, 3.8) is 0 Å². The number of amides is 3. The van der Waals surface area contributed by atoms with Gasteiger partial charge in [0.1, 0.15) is 16.9 Å². The van der Waals surface area contributed by atoms with Gasteiger partial charge in [0.05, 0.1) is 12.7 Å². The number of ether oxygens (including phenoxy) is 1. The molecular weight excluding hydrogens is 537 g/mol. The molecule has 0 saturated carbocycles. The number of aromatic nitrogens is 1. The lowest BCUT2D eigenvalue weighted by molar-refractivity contribution is -0.139. The number of thiophene rings is 1. The first-order chi connectivity index (χ1) is 17.7. The molecule has 0 spiro atoms. The zero-order valence-electron chi connectivity index (χ0n) is 21.3. The number of nitrogens with zero attached hydrogens (tertiary/aromatic N) is 3. The summed E-state index contributed by atoms with van der Waals surface area (Å²) in [5.74, 6) is -0.746. The van der Waals surface area contributed by atoms with E-state index in [1.165, 1.54) is 7.11 Å². The quantitative estimate of drug-likeness (QED) is 0.329. The lowest BCUT2D eigenvalue weighted by Gasteiger charge is -2.40. The second-order valence-corrected chi connectivity index (χ2v) is 10.6. The maximum absolute atomic E-state index is 12.9. The lowest BCUT2D eigenvalue weighted by atomic mass is 10.0. The van der Waals surface area contributed by atoms with Gasteiger partial charge in [0, 0.05) is 38.3 Å². The van der Waals surface area contributed by atoms with Crippen molar-refractivity contribution in [2.45, 2.75) is 51.7 Å². The van der Waals surface area contributed by atoms with Crippen molar-refractivity contribution >= 4 is 52.4 Å². The Hall–Kier alpha value is -2.40. The molecule has 0 aromatic carbocycles. The first-order valence-corrected chi connectivity index (χ1v) is 13.9. The fraction of sp³-hybridized carbons (Fsp3) is 0.520. The van der Waals surface area contributed by atoms with Gasteiger partial charge in [-0.1, -0.05) is 23.2 Å². The van der Waals surface area contributed by atoms with Crippen LogP contribution in [0.5, 0.6) is 0 Å². The molecule has 1 saturated heterocycles. The number of pyridine rings is 1. The molecule has 12 heteroatoms. The van der Waals surface area contributed by atoms with Crippen molar-refractivity contribution in [1.29, 1.82) is 0 Å². The zero-order chi connectivity index (χ0) is 26.9. The number of rotatable bonds is 10. The van der Waals surface area contributed by atoms with Crippen LogP contribution in [0.3, 0.4) is 0 Å². The molecule has 1 atom stereocenters. The number of aryl methyl sites for hydroxylation is 1. The van der Waals surface area contributed by atoms with E-state index in [1.54, 1.807) is 24.3 Å². The number of piperidine rings is 1. The summed E-state index contributed by atoms with van der Waals surface area (Å²) in [6.07, 6.45) is 2.40. The van der Waals surface area contributed by atoms with Crippen molar-refractivity contribution in [1.82, 2.24) is 25.4 Å². The smallest absolute Gasteiger partial charge is 0.325 e. The topological polar surface area (TPSA) is 104 Å². The summed E-state index contributed by atoms with van der Waals surface area (Å²) in [5.41, 5.74) is 2.09. The van der Waals surface area contributed by atoms with Crippen LogP contribution in [0.15, 0.2) is 22.9 Å². The second-order valence-electron chi connectivity index (χ2n) is 9.08. The summed E-state index contributed by atoms with van der Waals surface area (Å²) < 4.78 is 4.64. The molecule has 37 heavy (non-hydrogen) atoms. The number of methoxy groups -OCH3 is 1. The summed E-state index contributed by atoms with van der Waals surface area (Å²) in [5, 5.41) is 9.98. The number of hydrogen-bond acceptors (Lipinski definition) is 7. The predicted molar refractivity (Wildman–Crippen MR) is 145 cm³/mol. The molecule has 1 unspecified atom stereocenters. The summed E-state index contributed by atoms with van der Waals surface area (Å²) in [4.78, 5) is 45.2. The molecule has 0 bridgehead atoms. The Morgan fingerprint density at radius 2 is 2.00 bits per heavy atom. The molecule has 1 fully saturated rings. The molecule has 3 heterocycles. The van der Waals surface area contributed by atoms with Crippen LogP contribution in [0.4, 0.5) is 4.79 Å². The maximum atomic E-state index is 12.9. The van der Waals surface area contributed by atoms with E-state index in [2.05, 4.69) is 32.2 Å². The number of carbonyl (C=O) groups is 3. The van der Waals surface area contributed by atoms with Crippen LogP contribution in [0.2, 0.25) is 10.3 Å². The van der Waals surface area contributed by atoms with Crippen LogP contribution in [0.1, 0.15) is 47.7 Å². The molecule has 2 aromatic heterocycles. The van der Waals surface area contributed by atoms with E-state index in [0.717, 1.165) is 37.9 Å². The molecular formula is C25H33Cl2N5O4S. The van der Waals surface area contributed by atoms with E-state index in [1.807, 2.05) is 21.7 Å². The van der Waals surface area contributed by atoms with Crippen molar-refractivity contribution in [2.24, 2.45) is 0 Å². The van der Waals surface area contributed by atoms with Crippen LogP contribution >= 0.6 is 34.5 Å². The lowest BCUT2D eigenvalue weighted by Crippen LogP contribution is -2.52. The highest BCUT2D eigenvalue weighted by molar-refractivity contribution is 7.07. The highest BCUT2D eigenvalue weighted by Crippen LogP contribution is 2.23. The molecule has 1 aliphatic rings. The predicted octanol–water partition coefficient (Wildman–Crippen LogP) is 4.12. The van der Waals surface area contributed by atoms with Gasteiger partial charge in [0.25, 0.3) is 5.91 Å². The Kier molecular flexibility index (Phi) is 11.0. The van der Waals surface area contributed by atoms with E-state index >= 15 is 0 Å². The number of likely N-dealkylation sites (tertiary alicyclic amines) is 1. The van der Waals surface area contributed by atoms with Gasteiger partial charge in [-0.2, -0.15) is 11.3 Å². The molecule has 0 radical (unpaired) electrons. The van der Waals surface area contributed by atoms with Gasteiger partial charge >= 0.3 is 12.0 Å². The Morgan fingerprint density at radius 3 is 2.62 bits per heavy atom. The van der Waals surface area contributed by atoms with Gasteiger partial charge < -0.3 is 25.2 Å². The van der Waals surface area contributed by atoms with Gasteiger partial charge in [-0.15, -0.1) is 0 Å². The molecule has 3 amide bonds. The van der Waals surface area contributed by atoms with Crippen LogP contribution in [-0.2, 0) is 16.1 Å². The zero-order valence-corrected chi connectivity index (χ0v) is 23.6. The minimum absolute atomic E-state index is 0.0585. The van der Waals surface area contributed by atoms with Crippen LogP contribution < -0.4 is 10.6 Å². The molecule has 202 valence electrons. The van der Waals surface area contributed by atoms with Gasteiger partial charge in [0.15, 0.2) is 0 Å². The van der Waals surface area contributed by atoms with Gasteiger partial charge in [0.2, 0.25) is 0 Å². The summed E-state index contributed by atoms with van der Waals surface area (Å²) >= 11 is 13.6. The van der Waals surface area contributed by atoms with Crippen molar-refractivity contribution < 1.29 is 19.1 Å². The highest BCUT2D eigenvalue weighted by atomic mass is 35.5. The van der Waals surface area contributed by atoms with Crippen molar-refractivity contribution in [2.75, 3.05) is 33.3 Å². The molecule has 0 aliphatic carbocycles. The third kappa shape index (κ3) is 8.29. The van der Waals surface area contributed by atoms with Crippen LogP contribution in [-0.4, -0.2) is 78.1 Å². The molecule has 1 aliphatic heterocycles. The maximum Gasteiger partial charge on any atom is 0.325 e. The van der Waals surface area contributed by atoms with Crippen molar-refractivity contribution in [3.05, 3.63) is 49.9 Å². The fourth-order valence-corrected chi connectivity index (χ4v) is 5.72. The van der Waals surface area contributed by atoms with E-state index in [4.69, 9.17) is 23.2 Å². The van der Waals surface area contributed by atoms with Crippen LogP contribution in [0, 0.1) is 6.92 Å². The minimum Gasteiger partial charge on any atom is -0.468 e. The van der Waals surface area contributed by atoms with Gasteiger partial charge in [-0.05, 0) is 67.1 Å². The van der Waals surface area contributed by atoms with Gasteiger partial charge in [-0.25, -0.2) is 9.78 Å². The third-order valence-corrected chi connectivity index (χ3v) is 7.78. The van der Waals surface area contributed by atoms with Crippen LogP contribution in [0.25, 0.3) is 0 Å². The minimum atomic E-state index is -0.482. The van der Waals surface area contributed by atoms with E-state index in [-0.39, 0.29) is 40.9 Å². The average molecular weight is 571 g/mol. The van der Waals surface area contributed by atoms with Crippen molar-refractivity contribution in [3.8, 4) is 0 Å². The number of nitrogens with one attached hydrogen (secondary N) is 2. The number of carbonyl (C=O) groups excluding carboxylic acids is 3. The van der Waals surface area contributed by atoms with Gasteiger partial charge in [-0.3, -0.25) is 9.59 Å². The molecule has 2 aromatic rings. The Bertz CT molecular complexity index is 1050. The van der Waals surface area contributed by atoms with E-state index in [0.29, 0.717) is 24.2 Å². The number of urea groups is 1. The SMILES string of the molecule is COC(=O)CNC(=O)N(Cc1ccsc1)C1CCN(C(C)CCNC(=O)c2c(C)cc(Cl)nc2Cl)CC1. The number of halogens is 2. The summed E-state index contributed by atoms with van der Waals surface area (Å²) in [7, 11) is 1.30. The Labute approximate surface area is 231 Å². The summed E-state index contributed by atoms with van der Waals surface area (Å²) in [6, 6.07) is 3.66. The second kappa shape index (κ2) is 13.9. The standard InChI is InChI=1S/C25H33Cl2N5O4S/c1-16-12-20(26)30-23(27)22(16)24(34)28-8-4-17(2)31-9-5-19(6-10-31)32(14-18-7-11-37-15-18)25(35)29-13-21(33)36-3/h7,11-12,15,17,19H,4-6,8-10,13-14H2,1-3H3,(H,28,34)(H,29,35). The van der Waals surface area contributed by atoms with E-state index in [9.17, 15) is 14.4 Å². The fourth-order valence-electron chi connectivity index (χ4n) is 4.44. The monoisotopic (exact) mass is 569 g/mol. The first kappa shape index (κ1) is 29.2. The van der Waals surface area contributed by atoms with E-state index < -0.39 is 5.97 Å². The molecule has 9 nitrogen and oxygen atoms in total. The Morgan fingerprint density at radius 1 is 1.27 bits per heavy atom. The third-order valence-electron chi connectivity index (χ3n) is 6.58. The average Bonchev–Trinajstić information content (AvgIpc) is 3.38.